The van der Waals surface area contributed by atoms with Crippen LogP contribution in [0.15, 0.2) is 11.8 Å². The van der Waals surface area contributed by atoms with Crippen LogP contribution in [0.2, 0.25) is 0 Å². The van der Waals surface area contributed by atoms with Crippen LogP contribution in [-0.4, -0.2) is 17.1 Å². The number of aliphatic hydroxyl groups excluding tert-OH is 1. The molecule has 1 aliphatic carbocycles. The average Bonchev–Trinajstić information content (AvgIpc) is 2.87. The zero-order valence-electron chi connectivity index (χ0n) is 12.7. The van der Waals surface area contributed by atoms with Crippen LogP contribution in [0.25, 0.3) is 0 Å². The molecule has 0 amide bonds. The third-order valence-corrected chi connectivity index (χ3v) is 4.33. The molecular formula is C16H25F3O2. The molecule has 0 bridgehead atoms. The topological polar surface area (TPSA) is 37.3 Å². The molecule has 1 aliphatic rings. The molecule has 0 spiro atoms. The first kappa shape index (κ1) is 18.1. The molecule has 1 saturated carbocycles. The quantitative estimate of drug-likeness (QED) is 0.519. The summed E-state index contributed by atoms with van der Waals surface area (Å²) in [4.78, 5) is 11.9. The van der Waals surface area contributed by atoms with Gasteiger partial charge in [0.15, 0.2) is 5.78 Å². The third kappa shape index (κ3) is 6.53. The maximum atomic E-state index is 12.4. The Labute approximate surface area is 124 Å². The minimum absolute atomic E-state index is 0.0764. The van der Waals surface area contributed by atoms with E-state index in [1.54, 1.807) is 6.92 Å². The van der Waals surface area contributed by atoms with Crippen molar-refractivity contribution in [2.24, 2.45) is 17.8 Å². The SMILES string of the molecule is CCC(CC(F)(F)F)C(=O)C=C(O)C(C)CC1CCCC1. The summed E-state index contributed by atoms with van der Waals surface area (Å²) >= 11 is 0. The summed E-state index contributed by atoms with van der Waals surface area (Å²) in [6, 6.07) is 0. The molecule has 122 valence electrons. The van der Waals surface area contributed by atoms with Gasteiger partial charge < -0.3 is 5.11 Å². The lowest BCUT2D eigenvalue weighted by Gasteiger charge is -2.17. The highest BCUT2D eigenvalue weighted by molar-refractivity contribution is 5.92. The fourth-order valence-corrected chi connectivity index (χ4v) is 3.00. The predicted molar refractivity (Wildman–Crippen MR) is 75.9 cm³/mol. The van der Waals surface area contributed by atoms with E-state index in [2.05, 4.69) is 0 Å². The van der Waals surface area contributed by atoms with Crippen molar-refractivity contribution in [2.75, 3.05) is 0 Å². The molecule has 0 aromatic rings. The van der Waals surface area contributed by atoms with Crippen LogP contribution in [0.5, 0.6) is 0 Å². The van der Waals surface area contributed by atoms with Gasteiger partial charge in [0.2, 0.25) is 0 Å². The number of carbonyl (C=O) groups excluding carboxylic acids is 1. The van der Waals surface area contributed by atoms with Crippen LogP contribution in [0.4, 0.5) is 13.2 Å². The molecule has 0 heterocycles. The average molecular weight is 306 g/mol. The number of ketones is 1. The van der Waals surface area contributed by atoms with E-state index in [9.17, 15) is 23.1 Å². The molecule has 2 atom stereocenters. The van der Waals surface area contributed by atoms with E-state index < -0.39 is 24.3 Å². The zero-order chi connectivity index (χ0) is 16.0. The van der Waals surface area contributed by atoms with E-state index in [1.807, 2.05) is 6.92 Å². The van der Waals surface area contributed by atoms with Gasteiger partial charge in [-0.25, -0.2) is 0 Å². The lowest BCUT2D eigenvalue weighted by molar-refractivity contribution is -0.151. The van der Waals surface area contributed by atoms with Gasteiger partial charge in [0.1, 0.15) is 0 Å². The third-order valence-electron chi connectivity index (χ3n) is 4.33. The van der Waals surface area contributed by atoms with E-state index >= 15 is 0 Å². The molecule has 0 aromatic heterocycles. The first-order valence-electron chi connectivity index (χ1n) is 7.74. The van der Waals surface area contributed by atoms with E-state index in [0.717, 1.165) is 25.3 Å². The standard InChI is InChI=1S/C16H25F3O2/c1-3-13(10-16(17,18)19)15(21)9-14(20)11(2)8-12-6-4-5-7-12/h9,11-13,20H,3-8,10H2,1-2H3. The van der Waals surface area contributed by atoms with Crippen LogP contribution < -0.4 is 0 Å². The molecule has 0 radical (unpaired) electrons. The number of hydrogen-bond donors (Lipinski definition) is 1. The highest BCUT2D eigenvalue weighted by Gasteiger charge is 2.34. The first-order valence-corrected chi connectivity index (χ1v) is 7.74. The van der Waals surface area contributed by atoms with Crippen molar-refractivity contribution in [3.63, 3.8) is 0 Å². The number of halogens is 3. The van der Waals surface area contributed by atoms with Crippen molar-refractivity contribution in [1.82, 2.24) is 0 Å². The van der Waals surface area contributed by atoms with Crippen molar-refractivity contribution in [3.8, 4) is 0 Å². The normalized spacial score (nSPS) is 20.5. The Morgan fingerprint density at radius 2 is 1.90 bits per heavy atom. The molecule has 0 aliphatic heterocycles. The minimum atomic E-state index is -4.35. The molecule has 0 aromatic carbocycles. The Morgan fingerprint density at radius 1 is 1.33 bits per heavy atom. The van der Waals surface area contributed by atoms with Gasteiger partial charge in [-0.15, -0.1) is 0 Å². The number of aliphatic hydroxyl groups is 1. The van der Waals surface area contributed by atoms with Crippen molar-refractivity contribution >= 4 is 5.78 Å². The fourth-order valence-electron chi connectivity index (χ4n) is 3.00. The Bertz CT molecular complexity index is 368. The van der Waals surface area contributed by atoms with Crippen LogP contribution in [0, 0.1) is 17.8 Å². The maximum Gasteiger partial charge on any atom is 0.389 e. The van der Waals surface area contributed by atoms with E-state index in [0.29, 0.717) is 5.92 Å². The summed E-state index contributed by atoms with van der Waals surface area (Å²) in [7, 11) is 0. The van der Waals surface area contributed by atoms with Gasteiger partial charge in [-0.1, -0.05) is 39.5 Å². The fraction of sp³-hybridized carbons (Fsp3) is 0.812. The summed E-state index contributed by atoms with van der Waals surface area (Å²) in [6.45, 7) is 3.38. The molecule has 1 N–H and O–H groups in total. The first-order chi connectivity index (χ1) is 9.73. The Hall–Kier alpha value is -1.00. The number of hydrogen-bond acceptors (Lipinski definition) is 2. The molecule has 5 heteroatoms. The smallest absolute Gasteiger partial charge is 0.389 e. The van der Waals surface area contributed by atoms with Crippen LogP contribution in [0.1, 0.15) is 58.8 Å². The van der Waals surface area contributed by atoms with Crippen molar-refractivity contribution in [2.45, 2.75) is 65.0 Å². The zero-order valence-corrected chi connectivity index (χ0v) is 12.7. The van der Waals surface area contributed by atoms with Crippen molar-refractivity contribution in [1.29, 1.82) is 0 Å². The number of rotatable bonds is 7. The van der Waals surface area contributed by atoms with Crippen LogP contribution in [-0.2, 0) is 4.79 Å². The van der Waals surface area contributed by atoms with E-state index in [-0.39, 0.29) is 18.1 Å². The highest BCUT2D eigenvalue weighted by Crippen LogP contribution is 2.32. The minimum Gasteiger partial charge on any atom is -0.512 e. The molecule has 2 nitrogen and oxygen atoms in total. The molecule has 0 saturated heterocycles. The van der Waals surface area contributed by atoms with Gasteiger partial charge in [0.05, 0.1) is 12.2 Å². The summed E-state index contributed by atoms with van der Waals surface area (Å²) in [5, 5.41) is 9.95. The summed E-state index contributed by atoms with van der Waals surface area (Å²) in [6.07, 6.45) is 1.13. The van der Waals surface area contributed by atoms with Crippen molar-refractivity contribution in [3.05, 3.63) is 11.8 Å². The van der Waals surface area contributed by atoms with Gasteiger partial charge in [-0.05, 0) is 18.8 Å². The second-order valence-corrected chi connectivity index (χ2v) is 6.18. The Balaban J connectivity index is 2.58. The summed E-state index contributed by atoms with van der Waals surface area (Å²) < 4.78 is 37.2. The van der Waals surface area contributed by atoms with Gasteiger partial charge >= 0.3 is 6.18 Å². The molecule has 2 unspecified atom stereocenters. The number of alkyl halides is 3. The summed E-state index contributed by atoms with van der Waals surface area (Å²) in [5.74, 6) is -1.40. The maximum absolute atomic E-state index is 12.4. The Kier molecular flexibility index (Phi) is 6.75. The monoisotopic (exact) mass is 306 g/mol. The lowest BCUT2D eigenvalue weighted by Crippen LogP contribution is -2.21. The highest BCUT2D eigenvalue weighted by atomic mass is 19.4. The van der Waals surface area contributed by atoms with E-state index in [4.69, 9.17) is 0 Å². The number of carbonyl (C=O) groups is 1. The van der Waals surface area contributed by atoms with Crippen molar-refractivity contribution < 1.29 is 23.1 Å². The molecule has 1 rings (SSSR count). The summed E-state index contributed by atoms with van der Waals surface area (Å²) in [5.41, 5.74) is 0. The Morgan fingerprint density at radius 3 is 2.38 bits per heavy atom. The second-order valence-electron chi connectivity index (χ2n) is 6.18. The second kappa shape index (κ2) is 7.85. The van der Waals surface area contributed by atoms with Crippen LogP contribution >= 0.6 is 0 Å². The van der Waals surface area contributed by atoms with Gasteiger partial charge in [-0.2, -0.15) is 13.2 Å². The van der Waals surface area contributed by atoms with Gasteiger partial charge in [0.25, 0.3) is 0 Å². The molecule has 21 heavy (non-hydrogen) atoms. The predicted octanol–water partition coefficient (Wildman–Crippen LogP) is 5.19. The number of allylic oxidation sites excluding steroid dienone is 2. The lowest BCUT2D eigenvalue weighted by atomic mass is 9.91. The van der Waals surface area contributed by atoms with Crippen LogP contribution in [0.3, 0.4) is 0 Å². The molecule has 1 fully saturated rings. The largest absolute Gasteiger partial charge is 0.512 e. The van der Waals surface area contributed by atoms with Gasteiger partial charge in [0, 0.05) is 17.9 Å². The van der Waals surface area contributed by atoms with Gasteiger partial charge in [-0.3, -0.25) is 4.79 Å². The molecular weight excluding hydrogens is 281 g/mol. The van der Waals surface area contributed by atoms with E-state index in [1.165, 1.54) is 12.8 Å².